The lowest BCUT2D eigenvalue weighted by Gasteiger charge is -2.07. The van der Waals surface area contributed by atoms with Gasteiger partial charge >= 0.3 is 12.2 Å². The van der Waals surface area contributed by atoms with Gasteiger partial charge in [0.2, 0.25) is 5.95 Å². The summed E-state index contributed by atoms with van der Waals surface area (Å²) in [5.74, 6) is -0.421. The van der Waals surface area contributed by atoms with Gasteiger partial charge in [-0.3, -0.25) is 0 Å². The molecule has 1 aromatic rings. The third-order valence-corrected chi connectivity index (χ3v) is 1.56. The molecule has 1 aromatic heterocycles. The van der Waals surface area contributed by atoms with E-state index in [1.165, 1.54) is 6.08 Å². The van der Waals surface area contributed by atoms with Gasteiger partial charge in [-0.05, 0) is 13.0 Å². The number of halogens is 3. The number of rotatable bonds is 4. The highest BCUT2D eigenvalue weighted by molar-refractivity contribution is 5.93. The molecule has 1 rings (SSSR count). The van der Waals surface area contributed by atoms with Gasteiger partial charge in [0.1, 0.15) is 0 Å². The van der Waals surface area contributed by atoms with E-state index in [1.807, 2.05) is 0 Å². The molecule has 18 heavy (non-hydrogen) atoms. The highest BCUT2D eigenvalue weighted by atomic mass is 19.4. The number of allylic oxidation sites excluding steroid dienone is 1. The van der Waals surface area contributed by atoms with Crippen LogP contribution < -0.4 is 10.5 Å². The Balaban J connectivity index is 2.91. The average molecular weight is 261 g/mol. The van der Waals surface area contributed by atoms with E-state index in [9.17, 15) is 13.2 Å². The zero-order valence-corrected chi connectivity index (χ0v) is 9.40. The molecule has 98 valence electrons. The van der Waals surface area contributed by atoms with Crippen LogP contribution in [0.25, 0.3) is 0 Å². The van der Waals surface area contributed by atoms with Crippen LogP contribution in [-0.2, 0) is 0 Å². The fraction of sp³-hybridized carbons (Fsp3) is 0.333. The molecule has 0 saturated carbocycles. The Bertz CT molecular complexity index is 472. The molecule has 0 aromatic carbocycles. The highest BCUT2D eigenvalue weighted by Gasteiger charge is 2.29. The Hall–Kier alpha value is -2.19. The quantitative estimate of drug-likeness (QED) is 0.833. The Labute approximate surface area is 100 Å². The van der Waals surface area contributed by atoms with Gasteiger partial charge in [-0.1, -0.05) is 6.58 Å². The summed E-state index contributed by atoms with van der Waals surface area (Å²) in [5.41, 5.74) is 5.77. The number of nitrogens with two attached hydrogens (primary N) is 1. The van der Waals surface area contributed by atoms with E-state index in [0.717, 1.165) is 0 Å². The molecule has 0 radical (unpaired) electrons. The minimum Gasteiger partial charge on any atom is -0.454 e. The molecule has 0 unspecified atom stereocenters. The normalized spacial score (nSPS) is 12.3. The van der Waals surface area contributed by atoms with Crippen LogP contribution >= 0.6 is 0 Å². The van der Waals surface area contributed by atoms with Crippen molar-refractivity contribution >= 4 is 17.6 Å². The predicted molar refractivity (Wildman–Crippen MR) is 58.8 cm³/mol. The van der Waals surface area contributed by atoms with Crippen LogP contribution in [-0.4, -0.2) is 33.4 Å². The van der Waals surface area contributed by atoms with Crippen LogP contribution in [0.1, 0.15) is 6.92 Å². The second kappa shape index (κ2) is 5.43. The fourth-order valence-electron chi connectivity index (χ4n) is 0.825. The predicted octanol–water partition coefficient (Wildman–Crippen LogP) is 1.67. The molecule has 1 heterocycles. The van der Waals surface area contributed by atoms with E-state index in [2.05, 4.69) is 31.3 Å². The molecule has 6 nitrogen and oxygen atoms in total. The Morgan fingerprint density at radius 3 is 2.67 bits per heavy atom. The summed E-state index contributed by atoms with van der Waals surface area (Å²) in [6.45, 7) is 3.56. The molecule has 0 fully saturated rings. The molecule has 0 spiro atoms. The number of nitrogen functional groups attached to an aromatic ring is 1. The van der Waals surface area contributed by atoms with Crippen LogP contribution in [0.4, 0.5) is 25.1 Å². The number of aromatic nitrogens is 3. The van der Waals surface area contributed by atoms with Gasteiger partial charge < -0.3 is 10.5 Å². The average Bonchev–Trinajstić information content (AvgIpc) is 2.24. The first-order valence-corrected chi connectivity index (χ1v) is 4.69. The Kier molecular flexibility index (Phi) is 4.18. The van der Waals surface area contributed by atoms with Gasteiger partial charge in [0.25, 0.3) is 5.95 Å². The molecule has 0 aliphatic rings. The molecule has 2 N–H and O–H groups in total. The third-order valence-electron chi connectivity index (χ3n) is 1.56. The summed E-state index contributed by atoms with van der Waals surface area (Å²) >= 11 is 0. The lowest BCUT2D eigenvalue weighted by Crippen LogP contribution is -2.20. The summed E-state index contributed by atoms with van der Waals surface area (Å²) in [7, 11) is 0. The maximum atomic E-state index is 11.9. The number of alkyl halides is 3. The van der Waals surface area contributed by atoms with E-state index in [-0.39, 0.29) is 11.9 Å². The molecular formula is C9H10F3N5O. The fourth-order valence-corrected chi connectivity index (χ4v) is 0.825. The van der Waals surface area contributed by atoms with Crippen LogP contribution in [0.2, 0.25) is 0 Å². The maximum Gasteiger partial charge on any atom is 0.422 e. The number of hydrogen-bond acceptors (Lipinski definition) is 6. The van der Waals surface area contributed by atoms with Crippen LogP contribution in [0.3, 0.4) is 0 Å². The minimum atomic E-state index is -4.48. The van der Waals surface area contributed by atoms with Crippen molar-refractivity contribution in [2.45, 2.75) is 13.1 Å². The van der Waals surface area contributed by atoms with E-state index in [0.29, 0.717) is 5.71 Å². The minimum absolute atomic E-state index is 0.142. The summed E-state index contributed by atoms with van der Waals surface area (Å²) in [4.78, 5) is 14.4. The molecule has 0 atom stereocenters. The molecule has 9 heteroatoms. The summed E-state index contributed by atoms with van der Waals surface area (Å²) in [5, 5.41) is 0. The van der Waals surface area contributed by atoms with E-state index in [1.54, 1.807) is 6.92 Å². The lowest BCUT2D eigenvalue weighted by atomic mass is 10.4. The number of nitrogens with zero attached hydrogens (tertiary/aromatic N) is 4. The van der Waals surface area contributed by atoms with Gasteiger partial charge in [0.15, 0.2) is 6.61 Å². The van der Waals surface area contributed by atoms with Gasteiger partial charge in [-0.25, -0.2) is 4.99 Å². The highest BCUT2D eigenvalue weighted by Crippen LogP contribution is 2.17. The number of anilines is 1. The Morgan fingerprint density at radius 2 is 2.11 bits per heavy atom. The SMILES string of the molecule is C=CC(C)=Nc1nc(N)nc(OCC(F)(F)F)n1. The zero-order chi connectivity index (χ0) is 13.8. The van der Waals surface area contributed by atoms with Crippen molar-refractivity contribution in [3.05, 3.63) is 12.7 Å². The van der Waals surface area contributed by atoms with Crippen LogP contribution in [0, 0.1) is 0 Å². The van der Waals surface area contributed by atoms with Crippen molar-refractivity contribution in [3.8, 4) is 6.01 Å². The summed E-state index contributed by atoms with van der Waals surface area (Å²) in [6.07, 6.45) is -3.06. The van der Waals surface area contributed by atoms with Crippen molar-refractivity contribution in [2.75, 3.05) is 12.3 Å². The monoisotopic (exact) mass is 261 g/mol. The molecule has 0 amide bonds. The molecule has 0 bridgehead atoms. The van der Waals surface area contributed by atoms with Crippen molar-refractivity contribution < 1.29 is 17.9 Å². The van der Waals surface area contributed by atoms with Gasteiger partial charge in [-0.15, -0.1) is 0 Å². The Morgan fingerprint density at radius 1 is 1.44 bits per heavy atom. The summed E-state index contributed by atoms with van der Waals surface area (Å²) < 4.78 is 40.2. The zero-order valence-electron chi connectivity index (χ0n) is 9.40. The van der Waals surface area contributed by atoms with Crippen molar-refractivity contribution in [3.63, 3.8) is 0 Å². The van der Waals surface area contributed by atoms with Gasteiger partial charge in [-0.2, -0.15) is 28.1 Å². The summed E-state index contributed by atoms with van der Waals surface area (Å²) in [6, 6.07) is -0.532. The maximum absolute atomic E-state index is 11.9. The first-order valence-electron chi connectivity index (χ1n) is 4.69. The number of aliphatic imine (C=N–C) groups is 1. The second-order valence-electron chi connectivity index (χ2n) is 3.14. The number of hydrogen-bond donors (Lipinski definition) is 1. The molecule has 0 aliphatic carbocycles. The van der Waals surface area contributed by atoms with Crippen molar-refractivity contribution in [1.82, 2.24) is 15.0 Å². The first-order chi connectivity index (χ1) is 8.30. The third kappa shape index (κ3) is 4.76. The smallest absolute Gasteiger partial charge is 0.422 e. The second-order valence-corrected chi connectivity index (χ2v) is 3.14. The molecular weight excluding hydrogens is 251 g/mol. The van der Waals surface area contributed by atoms with E-state index >= 15 is 0 Å². The van der Waals surface area contributed by atoms with Crippen molar-refractivity contribution in [2.24, 2.45) is 4.99 Å². The van der Waals surface area contributed by atoms with Gasteiger partial charge in [0, 0.05) is 5.71 Å². The van der Waals surface area contributed by atoms with Gasteiger partial charge in [0.05, 0.1) is 0 Å². The van der Waals surface area contributed by atoms with Crippen LogP contribution in [0.15, 0.2) is 17.6 Å². The number of ether oxygens (including phenoxy) is 1. The van der Waals surface area contributed by atoms with E-state index in [4.69, 9.17) is 5.73 Å². The lowest BCUT2D eigenvalue weighted by molar-refractivity contribution is -0.154. The van der Waals surface area contributed by atoms with E-state index < -0.39 is 18.8 Å². The topological polar surface area (TPSA) is 86.3 Å². The largest absolute Gasteiger partial charge is 0.454 e. The molecule has 0 aliphatic heterocycles. The molecule has 0 saturated heterocycles. The first kappa shape index (κ1) is 13.9. The van der Waals surface area contributed by atoms with Crippen LogP contribution in [0.5, 0.6) is 6.01 Å². The van der Waals surface area contributed by atoms with Crippen molar-refractivity contribution in [1.29, 1.82) is 0 Å². The standard InChI is InChI=1S/C9H10F3N5O/c1-3-5(2)14-7-15-6(13)16-8(17-7)18-4-9(10,11)12/h3H,1,4H2,2H3,(H2,13,15,16,17).